The first-order valence-electron chi connectivity index (χ1n) is 8.34. The Labute approximate surface area is 158 Å². The Bertz CT molecular complexity index is 922. The van der Waals surface area contributed by atoms with E-state index in [2.05, 4.69) is 0 Å². The average Bonchev–Trinajstić information content (AvgIpc) is 2.66. The number of Topliss-reactive ketones (excluding diaryl/α,β-unsaturated/α-hetero) is 1. The summed E-state index contributed by atoms with van der Waals surface area (Å²) in [7, 11) is -0.246. The lowest BCUT2D eigenvalue weighted by Gasteiger charge is -2.17. The fourth-order valence-electron chi connectivity index (χ4n) is 2.88. The maximum atomic E-state index is 12.8. The van der Waals surface area contributed by atoms with E-state index in [-0.39, 0.29) is 28.4 Å². The van der Waals surface area contributed by atoms with Crippen LogP contribution >= 0.6 is 0 Å². The lowest BCUT2D eigenvalue weighted by molar-refractivity contribution is -0.112. The maximum Gasteiger partial charge on any atom is 0.187 e. The molecule has 27 heavy (non-hydrogen) atoms. The number of methoxy groups -OCH3 is 2. The van der Waals surface area contributed by atoms with Crippen LogP contribution in [0.2, 0.25) is 0 Å². The largest absolute Gasteiger partial charge is 0.497 e. The van der Waals surface area contributed by atoms with Gasteiger partial charge in [-0.3, -0.25) is 4.79 Å². The van der Waals surface area contributed by atoms with Crippen LogP contribution in [-0.4, -0.2) is 39.9 Å². The summed E-state index contributed by atoms with van der Waals surface area (Å²) in [5.74, 6) is 0.645. The van der Waals surface area contributed by atoms with Crippen molar-refractivity contribution >= 4 is 27.8 Å². The Morgan fingerprint density at radius 3 is 1.44 bits per heavy atom. The maximum absolute atomic E-state index is 12.8. The molecule has 0 radical (unpaired) electrons. The smallest absolute Gasteiger partial charge is 0.187 e. The van der Waals surface area contributed by atoms with E-state index in [0.29, 0.717) is 11.5 Å². The van der Waals surface area contributed by atoms with Gasteiger partial charge in [0.25, 0.3) is 0 Å². The number of ether oxygens (including phenoxy) is 2. The van der Waals surface area contributed by atoms with Crippen molar-refractivity contribution in [3.05, 3.63) is 70.8 Å². The van der Waals surface area contributed by atoms with Crippen LogP contribution in [0.25, 0.3) is 12.2 Å². The number of benzene rings is 2. The number of hydrogen-bond donors (Lipinski definition) is 0. The van der Waals surface area contributed by atoms with E-state index in [4.69, 9.17) is 9.47 Å². The van der Waals surface area contributed by atoms with Crippen LogP contribution in [0.5, 0.6) is 11.5 Å². The quantitative estimate of drug-likeness (QED) is 0.758. The third-order valence-corrected chi connectivity index (χ3v) is 5.75. The minimum atomic E-state index is -3.39. The minimum Gasteiger partial charge on any atom is -0.497 e. The molecule has 6 heteroatoms. The third-order valence-electron chi connectivity index (χ3n) is 4.25. The van der Waals surface area contributed by atoms with Crippen LogP contribution in [0.15, 0.2) is 59.7 Å². The van der Waals surface area contributed by atoms with Gasteiger partial charge >= 0.3 is 0 Å². The predicted octanol–water partition coefficient (Wildman–Crippen LogP) is 3.17. The summed E-state index contributed by atoms with van der Waals surface area (Å²) in [5.41, 5.74) is 2.04. The van der Waals surface area contributed by atoms with Crippen molar-refractivity contribution in [2.75, 3.05) is 25.7 Å². The summed E-state index contributed by atoms with van der Waals surface area (Å²) in [4.78, 5) is 12.8. The van der Waals surface area contributed by atoms with Crippen LogP contribution in [0, 0.1) is 0 Å². The minimum absolute atomic E-state index is 0.239. The highest BCUT2D eigenvalue weighted by atomic mass is 32.2. The molecule has 1 saturated heterocycles. The van der Waals surface area contributed by atoms with Crippen molar-refractivity contribution in [1.29, 1.82) is 0 Å². The zero-order chi connectivity index (χ0) is 19.4. The van der Waals surface area contributed by atoms with Gasteiger partial charge in [0.15, 0.2) is 15.6 Å². The van der Waals surface area contributed by atoms with Crippen molar-refractivity contribution in [1.82, 2.24) is 0 Å². The van der Waals surface area contributed by atoms with Gasteiger partial charge in [0.2, 0.25) is 0 Å². The average molecular weight is 384 g/mol. The second kappa shape index (κ2) is 7.80. The van der Waals surface area contributed by atoms with Gasteiger partial charge in [-0.05, 0) is 47.5 Å². The summed E-state index contributed by atoms with van der Waals surface area (Å²) in [5, 5.41) is 0. The summed E-state index contributed by atoms with van der Waals surface area (Å²) < 4.78 is 34.9. The number of carbonyl (C=O) groups excluding carboxylic acids is 1. The van der Waals surface area contributed by atoms with Crippen molar-refractivity contribution < 1.29 is 22.7 Å². The molecular weight excluding hydrogens is 364 g/mol. The van der Waals surface area contributed by atoms with Crippen LogP contribution in [0.4, 0.5) is 0 Å². The fourth-order valence-corrected chi connectivity index (χ4v) is 4.36. The molecule has 0 saturated carbocycles. The molecule has 0 spiro atoms. The van der Waals surface area contributed by atoms with Gasteiger partial charge in [-0.2, -0.15) is 0 Å². The highest BCUT2D eigenvalue weighted by Gasteiger charge is 2.30. The second-order valence-corrected chi connectivity index (χ2v) is 8.31. The van der Waals surface area contributed by atoms with Gasteiger partial charge in [-0.15, -0.1) is 0 Å². The van der Waals surface area contributed by atoms with Gasteiger partial charge in [-0.1, -0.05) is 24.3 Å². The number of carbonyl (C=O) groups is 1. The number of sulfone groups is 1. The van der Waals surface area contributed by atoms with Crippen molar-refractivity contribution in [3.8, 4) is 11.5 Å². The molecular formula is C21H20O5S. The zero-order valence-corrected chi connectivity index (χ0v) is 16.0. The van der Waals surface area contributed by atoms with E-state index in [1.54, 1.807) is 74.9 Å². The SMILES string of the molecule is COc1ccc(/C=C2/CS(=O)(=O)C/C(=C/c3ccc(OC)cc3)C2=O)cc1. The lowest BCUT2D eigenvalue weighted by Crippen LogP contribution is -2.28. The third kappa shape index (κ3) is 4.65. The van der Waals surface area contributed by atoms with Crippen LogP contribution in [0.3, 0.4) is 0 Å². The molecule has 140 valence electrons. The summed E-state index contributed by atoms with van der Waals surface area (Å²) in [6, 6.07) is 14.2. The first kappa shape index (κ1) is 18.9. The zero-order valence-electron chi connectivity index (χ0n) is 15.1. The van der Waals surface area contributed by atoms with Gasteiger partial charge in [-0.25, -0.2) is 8.42 Å². The molecule has 0 unspecified atom stereocenters. The molecule has 2 aromatic carbocycles. The van der Waals surface area contributed by atoms with Gasteiger partial charge < -0.3 is 9.47 Å². The summed E-state index contributed by atoms with van der Waals surface area (Å²) >= 11 is 0. The van der Waals surface area contributed by atoms with Crippen molar-refractivity contribution in [2.45, 2.75) is 0 Å². The molecule has 0 aromatic heterocycles. The van der Waals surface area contributed by atoms with E-state index >= 15 is 0 Å². The highest BCUT2D eigenvalue weighted by Crippen LogP contribution is 2.25. The van der Waals surface area contributed by atoms with E-state index < -0.39 is 9.84 Å². The number of hydrogen-bond acceptors (Lipinski definition) is 5. The lowest BCUT2D eigenvalue weighted by atomic mass is 10.0. The van der Waals surface area contributed by atoms with E-state index in [1.807, 2.05) is 0 Å². The molecule has 2 aromatic rings. The molecule has 1 fully saturated rings. The monoisotopic (exact) mass is 384 g/mol. The Kier molecular flexibility index (Phi) is 5.46. The topological polar surface area (TPSA) is 69.7 Å². The Morgan fingerprint density at radius 1 is 0.741 bits per heavy atom. The van der Waals surface area contributed by atoms with Crippen LogP contribution < -0.4 is 9.47 Å². The first-order chi connectivity index (χ1) is 12.9. The molecule has 1 heterocycles. The summed E-state index contributed by atoms with van der Waals surface area (Å²) in [6.07, 6.45) is 3.25. The van der Waals surface area contributed by atoms with E-state index in [0.717, 1.165) is 11.1 Å². The van der Waals surface area contributed by atoms with Crippen molar-refractivity contribution in [3.63, 3.8) is 0 Å². The predicted molar refractivity (Wildman–Crippen MR) is 106 cm³/mol. The molecule has 1 aliphatic rings. The molecule has 0 bridgehead atoms. The standard InChI is InChI=1S/C21H20O5S/c1-25-19-7-3-15(4-8-19)11-17-13-27(23,24)14-18(21(17)22)12-16-5-9-20(26-2)10-6-16/h3-12H,13-14H2,1-2H3/b17-11-,18-12-. The van der Waals surface area contributed by atoms with Gasteiger partial charge in [0.1, 0.15) is 11.5 Å². The van der Waals surface area contributed by atoms with Gasteiger partial charge in [0.05, 0.1) is 25.7 Å². The Balaban J connectivity index is 1.94. The summed E-state index contributed by atoms with van der Waals surface area (Å²) in [6.45, 7) is 0. The first-order valence-corrected chi connectivity index (χ1v) is 10.2. The molecule has 3 rings (SSSR count). The Hall–Kier alpha value is -2.86. The second-order valence-electron chi connectivity index (χ2n) is 6.25. The molecule has 0 atom stereocenters. The van der Waals surface area contributed by atoms with Crippen LogP contribution in [-0.2, 0) is 14.6 Å². The molecule has 0 amide bonds. The fraction of sp³-hybridized carbons (Fsp3) is 0.190. The van der Waals surface area contributed by atoms with E-state index in [9.17, 15) is 13.2 Å². The van der Waals surface area contributed by atoms with Crippen LogP contribution in [0.1, 0.15) is 11.1 Å². The molecule has 0 aliphatic carbocycles. The highest BCUT2D eigenvalue weighted by molar-refractivity contribution is 7.92. The number of rotatable bonds is 4. The molecule has 1 aliphatic heterocycles. The molecule has 5 nitrogen and oxygen atoms in total. The Morgan fingerprint density at radius 2 is 1.11 bits per heavy atom. The van der Waals surface area contributed by atoms with E-state index in [1.165, 1.54) is 0 Å². The normalized spacial score (nSPS) is 19.3. The van der Waals surface area contributed by atoms with Crippen molar-refractivity contribution in [2.24, 2.45) is 0 Å². The number of ketones is 1. The van der Waals surface area contributed by atoms with Gasteiger partial charge in [0, 0.05) is 11.1 Å². The molecule has 0 N–H and O–H groups in total.